The van der Waals surface area contributed by atoms with Gasteiger partial charge in [-0.05, 0) is 67.0 Å². The van der Waals surface area contributed by atoms with Gasteiger partial charge in [-0.15, -0.1) is 0 Å². The number of benzene rings is 2. The largest absolute Gasteiger partial charge is 0.497 e. The Kier molecular flexibility index (Phi) is 7.50. The first-order valence-corrected chi connectivity index (χ1v) is 9.53. The smallest absolute Gasteiger partial charge is 0.255 e. The number of nitrogens with two attached hydrogens (primary N) is 1. The number of rotatable bonds is 8. The lowest BCUT2D eigenvalue weighted by atomic mass is 10.1. The van der Waals surface area contributed by atoms with E-state index in [4.69, 9.17) is 10.5 Å². The Morgan fingerprint density at radius 1 is 1.04 bits per heavy atom. The van der Waals surface area contributed by atoms with E-state index in [1.54, 1.807) is 67.4 Å². The molecular weight excluding hydrogens is 350 g/mol. The highest BCUT2D eigenvalue weighted by Crippen LogP contribution is 2.17. The molecule has 0 fully saturated rings. The van der Waals surface area contributed by atoms with Gasteiger partial charge in [-0.1, -0.05) is 0 Å². The fraction of sp³-hybridized carbons (Fsp3) is 0.263. The van der Waals surface area contributed by atoms with Crippen molar-refractivity contribution < 1.29 is 14.3 Å². The maximum Gasteiger partial charge on any atom is 0.255 e. The van der Waals surface area contributed by atoms with Gasteiger partial charge in [-0.3, -0.25) is 9.59 Å². The molecule has 138 valence electrons. The molecule has 0 radical (unpaired) electrons. The van der Waals surface area contributed by atoms with Crippen molar-refractivity contribution in [3.8, 4) is 5.75 Å². The third-order valence-corrected chi connectivity index (χ3v) is 4.38. The second-order valence-electron chi connectivity index (χ2n) is 5.64. The number of methoxy groups -OCH3 is 1. The van der Waals surface area contributed by atoms with Gasteiger partial charge >= 0.3 is 0 Å². The molecule has 2 aromatic rings. The van der Waals surface area contributed by atoms with Crippen LogP contribution in [0.1, 0.15) is 16.8 Å². The molecule has 4 N–H and O–H groups in total. The van der Waals surface area contributed by atoms with Crippen molar-refractivity contribution >= 4 is 35.0 Å². The number of thioether (sulfide) groups is 1. The van der Waals surface area contributed by atoms with E-state index < -0.39 is 6.04 Å². The first-order chi connectivity index (χ1) is 12.5. The van der Waals surface area contributed by atoms with Crippen LogP contribution in [-0.4, -0.2) is 37.0 Å². The second kappa shape index (κ2) is 9.84. The summed E-state index contributed by atoms with van der Waals surface area (Å²) in [6, 6.07) is 13.2. The van der Waals surface area contributed by atoms with E-state index in [2.05, 4.69) is 10.6 Å². The Hall–Kier alpha value is -2.51. The molecule has 0 heterocycles. The molecular formula is C19H23N3O3S. The van der Waals surface area contributed by atoms with E-state index in [1.807, 2.05) is 6.26 Å². The van der Waals surface area contributed by atoms with Crippen molar-refractivity contribution in [3.05, 3.63) is 54.1 Å². The van der Waals surface area contributed by atoms with E-state index in [1.165, 1.54) is 0 Å². The van der Waals surface area contributed by atoms with Crippen LogP contribution in [0.3, 0.4) is 0 Å². The van der Waals surface area contributed by atoms with Crippen LogP contribution in [0.15, 0.2) is 48.5 Å². The van der Waals surface area contributed by atoms with E-state index in [-0.39, 0.29) is 11.8 Å². The molecule has 6 nitrogen and oxygen atoms in total. The fourth-order valence-corrected chi connectivity index (χ4v) is 2.68. The topological polar surface area (TPSA) is 93.5 Å². The number of carbonyl (C=O) groups is 2. The number of nitrogens with one attached hydrogen (secondary N) is 2. The SMILES string of the molecule is COc1ccc(NC(=O)c2ccc(NC(=O)[C@@H](N)CCSC)cc2)cc1. The Morgan fingerprint density at radius 3 is 2.19 bits per heavy atom. The maximum atomic E-state index is 12.3. The lowest BCUT2D eigenvalue weighted by Gasteiger charge is -2.12. The zero-order chi connectivity index (χ0) is 18.9. The van der Waals surface area contributed by atoms with Crippen molar-refractivity contribution in [2.75, 3.05) is 29.8 Å². The molecule has 0 aliphatic rings. The van der Waals surface area contributed by atoms with Crippen molar-refractivity contribution in [2.45, 2.75) is 12.5 Å². The highest BCUT2D eigenvalue weighted by Gasteiger charge is 2.13. The Balaban J connectivity index is 1.93. The number of carbonyl (C=O) groups excluding carboxylic acids is 2. The van der Waals surface area contributed by atoms with Gasteiger partial charge in [0.25, 0.3) is 5.91 Å². The van der Waals surface area contributed by atoms with Crippen molar-refractivity contribution in [3.63, 3.8) is 0 Å². The van der Waals surface area contributed by atoms with Gasteiger partial charge in [-0.25, -0.2) is 0 Å². The highest BCUT2D eigenvalue weighted by atomic mass is 32.2. The van der Waals surface area contributed by atoms with Gasteiger partial charge in [0.05, 0.1) is 13.2 Å². The summed E-state index contributed by atoms with van der Waals surface area (Å²) >= 11 is 1.65. The molecule has 2 aromatic carbocycles. The minimum Gasteiger partial charge on any atom is -0.497 e. The zero-order valence-electron chi connectivity index (χ0n) is 14.8. The van der Waals surface area contributed by atoms with Gasteiger partial charge in [0.15, 0.2) is 0 Å². The maximum absolute atomic E-state index is 12.3. The summed E-state index contributed by atoms with van der Waals surface area (Å²) in [6.07, 6.45) is 2.59. The van der Waals surface area contributed by atoms with Crippen LogP contribution in [0.25, 0.3) is 0 Å². The minimum absolute atomic E-state index is 0.227. The van der Waals surface area contributed by atoms with Crippen LogP contribution in [0, 0.1) is 0 Å². The third-order valence-electron chi connectivity index (χ3n) is 3.73. The second-order valence-corrected chi connectivity index (χ2v) is 6.62. The quantitative estimate of drug-likeness (QED) is 0.661. The number of amides is 2. The average molecular weight is 373 g/mol. The van der Waals surface area contributed by atoms with Crippen molar-refractivity contribution in [1.29, 1.82) is 0 Å². The van der Waals surface area contributed by atoms with Crippen LogP contribution in [0.4, 0.5) is 11.4 Å². The van der Waals surface area contributed by atoms with Crippen LogP contribution >= 0.6 is 11.8 Å². The third kappa shape index (κ3) is 5.79. The normalized spacial score (nSPS) is 11.5. The molecule has 7 heteroatoms. The molecule has 0 bridgehead atoms. The first-order valence-electron chi connectivity index (χ1n) is 8.14. The summed E-state index contributed by atoms with van der Waals surface area (Å²) in [5, 5.41) is 5.57. The number of hydrogen-bond acceptors (Lipinski definition) is 5. The highest BCUT2D eigenvalue weighted by molar-refractivity contribution is 7.98. The molecule has 26 heavy (non-hydrogen) atoms. The van der Waals surface area contributed by atoms with Crippen LogP contribution in [0.5, 0.6) is 5.75 Å². The molecule has 0 saturated carbocycles. The van der Waals surface area contributed by atoms with Crippen LogP contribution in [0.2, 0.25) is 0 Å². The molecule has 1 atom stereocenters. The molecule has 2 rings (SSSR count). The number of ether oxygens (including phenoxy) is 1. The molecule has 0 saturated heterocycles. The summed E-state index contributed by atoms with van der Waals surface area (Å²) in [4.78, 5) is 24.3. The van der Waals surface area contributed by atoms with Gasteiger partial charge in [0.1, 0.15) is 5.75 Å². The fourth-order valence-electron chi connectivity index (χ4n) is 2.19. The molecule has 0 aliphatic heterocycles. The molecule has 0 spiro atoms. The minimum atomic E-state index is -0.541. The zero-order valence-corrected chi connectivity index (χ0v) is 15.6. The Labute approximate surface area is 157 Å². The molecule has 0 aromatic heterocycles. The van der Waals surface area contributed by atoms with Crippen molar-refractivity contribution in [2.24, 2.45) is 5.73 Å². The van der Waals surface area contributed by atoms with E-state index >= 15 is 0 Å². The number of anilines is 2. The van der Waals surface area contributed by atoms with Crippen LogP contribution in [-0.2, 0) is 4.79 Å². The van der Waals surface area contributed by atoms with Gasteiger partial charge < -0.3 is 21.1 Å². The predicted molar refractivity (Wildman–Crippen MR) is 107 cm³/mol. The van der Waals surface area contributed by atoms with Crippen molar-refractivity contribution in [1.82, 2.24) is 0 Å². The Bertz CT molecular complexity index is 733. The molecule has 2 amide bonds. The van der Waals surface area contributed by atoms with E-state index in [0.29, 0.717) is 23.4 Å². The number of hydrogen-bond donors (Lipinski definition) is 3. The summed E-state index contributed by atoms with van der Waals surface area (Å²) in [5.74, 6) is 1.09. The lowest BCUT2D eigenvalue weighted by molar-refractivity contribution is -0.117. The van der Waals surface area contributed by atoms with Gasteiger partial charge in [0, 0.05) is 16.9 Å². The molecule has 0 unspecified atom stereocenters. The van der Waals surface area contributed by atoms with Crippen LogP contribution < -0.4 is 21.1 Å². The summed E-state index contributed by atoms with van der Waals surface area (Å²) in [7, 11) is 1.59. The van der Waals surface area contributed by atoms with E-state index in [0.717, 1.165) is 11.5 Å². The summed E-state index contributed by atoms with van der Waals surface area (Å²) in [6.45, 7) is 0. The molecule has 0 aliphatic carbocycles. The summed E-state index contributed by atoms with van der Waals surface area (Å²) < 4.78 is 5.08. The average Bonchev–Trinajstić information content (AvgIpc) is 2.67. The van der Waals surface area contributed by atoms with Gasteiger partial charge in [-0.2, -0.15) is 11.8 Å². The van der Waals surface area contributed by atoms with Gasteiger partial charge in [0.2, 0.25) is 5.91 Å². The standard InChI is InChI=1S/C19H23N3O3S/c1-25-16-9-7-15(8-10-16)21-18(23)13-3-5-14(6-4-13)22-19(24)17(20)11-12-26-2/h3-10,17H,11-12,20H2,1-2H3,(H,21,23)(H,22,24)/t17-/m0/s1. The summed E-state index contributed by atoms with van der Waals surface area (Å²) in [5.41, 5.74) is 7.61. The van der Waals surface area contributed by atoms with E-state index in [9.17, 15) is 9.59 Å². The predicted octanol–water partition coefficient (Wildman–Crippen LogP) is 2.97. The Morgan fingerprint density at radius 2 is 1.62 bits per heavy atom. The monoisotopic (exact) mass is 373 g/mol. The lowest BCUT2D eigenvalue weighted by Crippen LogP contribution is -2.36. The first kappa shape index (κ1) is 19.8.